The molecule has 1 aromatic carbocycles. The van der Waals surface area contributed by atoms with Gasteiger partial charge in [-0.25, -0.2) is 4.39 Å². The molecule has 0 fully saturated rings. The van der Waals surface area contributed by atoms with Crippen molar-refractivity contribution in [3.8, 4) is 0 Å². The molecule has 1 atom stereocenters. The maximum atomic E-state index is 12.9. The second-order valence-electron chi connectivity index (χ2n) is 4.25. The van der Waals surface area contributed by atoms with Crippen LogP contribution in [0.15, 0.2) is 18.2 Å². The predicted octanol–water partition coefficient (Wildman–Crippen LogP) is 1.05. The standard InChI is InChI=1S/C13H20FN3O2/c1-3-17(6-7-18)9(2)13(19)16-12-5-4-10(14)8-11(12)15/h4-5,8-9,18H,3,6-7,15H2,1-2H3,(H,16,19). The number of nitrogens with zero attached hydrogens (tertiary/aromatic N) is 1. The molecule has 4 N–H and O–H groups in total. The van der Waals surface area contributed by atoms with E-state index in [-0.39, 0.29) is 18.2 Å². The largest absolute Gasteiger partial charge is 0.397 e. The highest BCUT2D eigenvalue weighted by Crippen LogP contribution is 2.19. The molecule has 0 spiro atoms. The van der Waals surface area contributed by atoms with Crippen LogP contribution in [0.4, 0.5) is 15.8 Å². The van der Waals surface area contributed by atoms with E-state index in [0.717, 1.165) is 6.07 Å². The average Bonchev–Trinajstić information content (AvgIpc) is 2.38. The minimum Gasteiger partial charge on any atom is -0.397 e. The Morgan fingerprint density at radius 2 is 2.26 bits per heavy atom. The summed E-state index contributed by atoms with van der Waals surface area (Å²) in [5.74, 6) is -0.687. The number of rotatable bonds is 6. The number of nitrogen functional groups attached to an aromatic ring is 1. The summed E-state index contributed by atoms with van der Waals surface area (Å²) in [5.41, 5.74) is 6.20. The Labute approximate surface area is 112 Å². The molecule has 1 rings (SSSR count). The summed E-state index contributed by atoms with van der Waals surface area (Å²) in [4.78, 5) is 13.9. The summed E-state index contributed by atoms with van der Waals surface area (Å²) in [5, 5.41) is 11.6. The lowest BCUT2D eigenvalue weighted by atomic mass is 10.2. The molecular formula is C13H20FN3O2. The van der Waals surface area contributed by atoms with Crippen molar-refractivity contribution >= 4 is 17.3 Å². The lowest BCUT2D eigenvalue weighted by Crippen LogP contribution is -2.43. The van der Waals surface area contributed by atoms with Gasteiger partial charge in [0.25, 0.3) is 0 Å². The van der Waals surface area contributed by atoms with Gasteiger partial charge < -0.3 is 16.2 Å². The van der Waals surface area contributed by atoms with Crippen LogP contribution in [0.2, 0.25) is 0 Å². The van der Waals surface area contributed by atoms with Crippen molar-refractivity contribution in [2.24, 2.45) is 0 Å². The number of aliphatic hydroxyl groups excluding tert-OH is 1. The van der Waals surface area contributed by atoms with E-state index in [4.69, 9.17) is 10.8 Å². The number of likely N-dealkylation sites (N-methyl/N-ethyl adjacent to an activating group) is 1. The van der Waals surface area contributed by atoms with Crippen LogP contribution in [0, 0.1) is 5.82 Å². The SMILES string of the molecule is CCN(CCO)C(C)C(=O)Nc1ccc(F)cc1N. The van der Waals surface area contributed by atoms with Crippen molar-refractivity contribution in [1.82, 2.24) is 4.90 Å². The molecule has 5 nitrogen and oxygen atoms in total. The molecular weight excluding hydrogens is 249 g/mol. The first-order valence-electron chi connectivity index (χ1n) is 6.20. The number of halogens is 1. The third-order valence-electron chi connectivity index (χ3n) is 2.99. The predicted molar refractivity (Wildman–Crippen MR) is 73.2 cm³/mol. The van der Waals surface area contributed by atoms with Gasteiger partial charge in [0.15, 0.2) is 0 Å². The van der Waals surface area contributed by atoms with Crippen molar-refractivity contribution < 1.29 is 14.3 Å². The number of carbonyl (C=O) groups is 1. The Kier molecular flexibility index (Phi) is 5.72. The molecule has 1 amide bonds. The summed E-state index contributed by atoms with van der Waals surface area (Å²) >= 11 is 0. The molecule has 6 heteroatoms. The summed E-state index contributed by atoms with van der Waals surface area (Å²) in [6, 6.07) is 3.42. The third-order valence-corrected chi connectivity index (χ3v) is 2.99. The second-order valence-corrected chi connectivity index (χ2v) is 4.25. The fraction of sp³-hybridized carbons (Fsp3) is 0.462. The smallest absolute Gasteiger partial charge is 0.241 e. The Balaban J connectivity index is 2.72. The Bertz CT molecular complexity index is 440. The quantitative estimate of drug-likeness (QED) is 0.674. The average molecular weight is 269 g/mol. The lowest BCUT2D eigenvalue weighted by molar-refractivity contribution is -0.120. The number of amides is 1. The molecule has 0 aromatic heterocycles. The highest BCUT2D eigenvalue weighted by Gasteiger charge is 2.20. The molecule has 0 radical (unpaired) electrons. The van der Waals surface area contributed by atoms with Crippen LogP contribution in [-0.2, 0) is 4.79 Å². The molecule has 0 heterocycles. The monoisotopic (exact) mass is 269 g/mol. The molecule has 0 saturated heterocycles. The number of hydrogen-bond acceptors (Lipinski definition) is 4. The summed E-state index contributed by atoms with van der Waals surface area (Å²) in [6.07, 6.45) is 0. The fourth-order valence-electron chi connectivity index (χ4n) is 1.80. The van der Waals surface area contributed by atoms with Crippen LogP contribution in [0.25, 0.3) is 0 Å². The van der Waals surface area contributed by atoms with Gasteiger partial charge in [-0.3, -0.25) is 9.69 Å². The van der Waals surface area contributed by atoms with E-state index < -0.39 is 11.9 Å². The van der Waals surface area contributed by atoms with Gasteiger partial charge in [-0.2, -0.15) is 0 Å². The minimum absolute atomic E-state index is 0.00977. The molecule has 1 unspecified atom stereocenters. The van der Waals surface area contributed by atoms with Crippen molar-refractivity contribution in [3.05, 3.63) is 24.0 Å². The third kappa shape index (κ3) is 4.18. The maximum absolute atomic E-state index is 12.9. The Morgan fingerprint density at radius 3 is 2.79 bits per heavy atom. The van der Waals surface area contributed by atoms with Gasteiger partial charge in [-0.05, 0) is 31.7 Å². The van der Waals surface area contributed by atoms with E-state index in [1.54, 1.807) is 6.92 Å². The van der Waals surface area contributed by atoms with Gasteiger partial charge in [-0.1, -0.05) is 6.92 Å². The fourth-order valence-corrected chi connectivity index (χ4v) is 1.80. The molecule has 0 bridgehead atoms. The Morgan fingerprint density at radius 1 is 1.58 bits per heavy atom. The highest BCUT2D eigenvalue weighted by molar-refractivity contribution is 5.97. The summed E-state index contributed by atoms with van der Waals surface area (Å²) in [7, 11) is 0. The number of hydrogen-bond donors (Lipinski definition) is 3. The van der Waals surface area contributed by atoms with E-state index in [1.807, 2.05) is 11.8 Å². The van der Waals surface area contributed by atoms with Crippen molar-refractivity contribution in [2.75, 3.05) is 30.7 Å². The van der Waals surface area contributed by atoms with Gasteiger partial charge in [-0.15, -0.1) is 0 Å². The van der Waals surface area contributed by atoms with Crippen LogP contribution in [0.3, 0.4) is 0 Å². The second kappa shape index (κ2) is 7.06. The topological polar surface area (TPSA) is 78.6 Å². The van der Waals surface area contributed by atoms with Crippen molar-refractivity contribution in [3.63, 3.8) is 0 Å². The zero-order chi connectivity index (χ0) is 14.4. The lowest BCUT2D eigenvalue weighted by Gasteiger charge is -2.26. The van der Waals surface area contributed by atoms with E-state index in [2.05, 4.69) is 5.32 Å². The molecule has 1 aromatic rings. The van der Waals surface area contributed by atoms with Crippen molar-refractivity contribution in [1.29, 1.82) is 0 Å². The van der Waals surface area contributed by atoms with E-state index in [1.165, 1.54) is 12.1 Å². The van der Waals surface area contributed by atoms with Gasteiger partial charge >= 0.3 is 0 Å². The van der Waals surface area contributed by atoms with Crippen molar-refractivity contribution in [2.45, 2.75) is 19.9 Å². The van der Waals surface area contributed by atoms with Crippen LogP contribution < -0.4 is 11.1 Å². The molecule has 0 aliphatic rings. The zero-order valence-corrected chi connectivity index (χ0v) is 11.2. The molecule has 0 saturated carbocycles. The highest BCUT2D eigenvalue weighted by atomic mass is 19.1. The van der Waals surface area contributed by atoms with Gasteiger partial charge in [0.05, 0.1) is 24.0 Å². The van der Waals surface area contributed by atoms with Gasteiger partial charge in [0, 0.05) is 6.54 Å². The normalized spacial score (nSPS) is 12.5. The number of aliphatic hydroxyl groups is 1. The molecule has 0 aliphatic heterocycles. The zero-order valence-electron chi connectivity index (χ0n) is 11.2. The first-order valence-corrected chi connectivity index (χ1v) is 6.20. The van der Waals surface area contributed by atoms with E-state index >= 15 is 0 Å². The number of benzene rings is 1. The Hall–Kier alpha value is -1.66. The van der Waals surface area contributed by atoms with Gasteiger partial charge in [0.2, 0.25) is 5.91 Å². The summed E-state index contributed by atoms with van der Waals surface area (Å²) in [6.45, 7) is 4.71. The van der Waals surface area contributed by atoms with Crippen LogP contribution >= 0.6 is 0 Å². The molecule has 19 heavy (non-hydrogen) atoms. The number of nitrogens with one attached hydrogen (secondary N) is 1. The van der Waals surface area contributed by atoms with Gasteiger partial charge in [0.1, 0.15) is 5.82 Å². The number of nitrogens with two attached hydrogens (primary N) is 1. The number of anilines is 2. The summed E-state index contributed by atoms with van der Waals surface area (Å²) < 4.78 is 12.9. The number of carbonyl (C=O) groups excluding carboxylic acids is 1. The molecule has 106 valence electrons. The van der Waals surface area contributed by atoms with Crippen LogP contribution in [0.5, 0.6) is 0 Å². The first-order chi connectivity index (χ1) is 8.99. The minimum atomic E-state index is -0.445. The van der Waals surface area contributed by atoms with E-state index in [0.29, 0.717) is 18.8 Å². The van der Waals surface area contributed by atoms with Crippen LogP contribution in [-0.4, -0.2) is 41.7 Å². The first kappa shape index (κ1) is 15.4. The van der Waals surface area contributed by atoms with E-state index in [9.17, 15) is 9.18 Å². The molecule has 0 aliphatic carbocycles. The van der Waals surface area contributed by atoms with Crippen LogP contribution in [0.1, 0.15) is 13.8 Å². The maximum Gasteiger partial charge on any atom is 0.241 e.